The highest BCUT2D eigenvalue weighted by molar-refractivity contribution is 6.00. The third-order valence-electron chi connectivity index (χ3n) is 6.66. The standard InChI is InChI=1S/C29H28N4O3/c1-2-20-12-14-23(15-13-20)33-18-22(16-27(33)34)29(36)32(17-21-8-4-3-5-9-21)19-26-30-25-11-7-6-10-24(25)28(35)31-26/h3-15,22H,2,16-19H2,1H3,(H,30,31,35). The number of aromatic nitrogens is 2. The fourth-order valence-corrected chi connectivity index (χ4v) is 4.70. The number of anilines is 1. The zero-order valence-electron chi connectivity index (χ0n) is 20.2. The second-order valence-corrected chi connectivity index (χ2v) is 9.14. The summed E-state index contributed by atoms with van der Waals surface area (Å²) in [6.07, 6.45) is 1.08. The van der Waals surface area contributed by atoms with Crippen LogP contribution in [0.5, 0.6) is 0 Å². The monoisotopic (exact) mass is 480 g/mol. The van der Waals surface area contributed by atoms with Crippen LogP contribution in [0.3, 0.4) is 0 Å². The minimum absolute atomic E-state index is 0.0607. The van der Waals surface area contributed by atoms with E-state index in [0.717, 1.165) is 17.7 Å². The normalized spacial score (nSPS) is 15.4. The highest BCUT2D eigenvalue weighted by Gasteiger charge is 2.37. The van der Waals surface area contributed by atoms with E-state index in [2.05, 4.69) is 16.9 Å². The van der Waals surface area contributed by atoms with Crippen molar-refractivity contribution in [3.8, 4) is 0 Å². The van der Waals surface area contributed by atoms with Gasteiger partial charge in [-0.15, -0.1) is 0 Å². The van der Waals surface area contributed by atoms with Gasteiger partial charge in [-0.05, 0) is 41.8 Å². The molecule has 7 nitrogen and oxygen atoms in total. The molecule has 2 heterocycles. The minimum Gasteiger partial charge on any atom is -0.331 e. The fourth-order valence-electron chi connectivity index (χ4n) is 4.70. The number of aromatic amines is 1. The van der Waals surface area contributed by atoms with Crippen molar-refractivity contribution >= 4 is 28.4 Å². The lowest BCUT2D eigenvalue weighted by molar-refractivity contribution is -0.137. The molecule has 1 atom stereocenters. The largest absolute Gasteiger partial charge is 0.331 e. The number of H-pyrrole nitrogens is 1. The zero-order chi connectivity index (χ0) is 25.1. The number of fused-ring (bicyclic) bond motifs is 1. The van der Waals surface area contributed by atoms with Gasteiger partial charge in [0.05, 0.1) is 23.4 Å². The van der Waals surface area contributed by atoms with Crippen molar-refractivity contribution in [1.29, 1.82) is 0 Å². The van der Waals surface area contributed by atoms with Gasteiger partial charge in [-0.25, -0.2) is 4.98 Å². The quantitative estimate of drug-likeness (QED) is 0.432. The van der Waals surface area contributed by atoms with Gasteiger partial charge in [-0.1, -0.05) is 61.5 Å². The number of para-hydroxylation sites is 1. The van der Waals surface area contributed by atoms with Crippen molar-refractivity contribution in [2.75, 3.05) is 11.4 Å². The maximum Gasteiger partial charge on any atom is 0.258 e. The Kier molecular flexibility index (Phi) is 6.62. The molecule has 182 valence electrons. The zero-order valence-corrected chi connectivity index (χ0v) is 20.2. The summed E-state index contributed by atoms with van der Waals surface area (Å²) in [6.45, 7) is 2.91. The number of hydrogen-bond acceptors (Lipinski definition) is 4. The van der Waals surface area contributed by atoms with E-state index in [4.69, 9.17) is 0 Å². The number of nitrogens with zero attached hydrogens (tertiary/aromatic N) is 3. The summed E-state index contributed by atoms with van der Waals surface area (Å²) in [5.41, 5.74) is 3.32. The first-order chi connectivity index (χ1) is 17.5. The summed E-state index contributed by atoms with van der Waals surface area (Å²) >= 11 is 0. The van der Waals surface area contributed by atoms with Crippen molar-refractivity contribution in [2.45, 2.75) is 32.9 Å². The number of benzene rings is 3. The SMILES string of the molecule is CCc1ccc(N2CC(C(=O)N(Cc3ccccc3)Cc3nc4ccccc4c(=O)[nH]3)CC2=O)cc1. The van der Waals surface area contributed by atoms with Crippen LogP contribution in [-0.4, -0.2) is 33.2 Å². The third kappa shape index (κ3) is 4.91. The van der Waals surface area contributed by atoms with Gasteiger partial charge in [0.1, 0.15) is 5.82 Å². The summed E-state index contributed by atoms with van der Waals surface area (Å²) in [4.78, 5) is 50.0. The Hall–Kier alpha value is -4.26. The Morgan fingerprint density at radius 1 is 0.944 bits per heavy atom. The average molecular weight is 481 g/mol. The number of nitrogens with one attached hydrogen (secondary N) is 1. The molecule has 1 aliphatic rings. The van der Waals surface area contributed by atoms with Gasteiger partial charge < -0.3 is 14.8 Å². The van der Waals surface area contributed by atoms with Crippen LogP contribution in [0.1, 0.15) is 30.3 Å². The van der Waals surface area contributed by atoms with Crippen LogP contribution in [0.4, 0.5) is 5.69 Å². The van der Waals surface area contributed by atoms with E-state index in [9.17, 15) is 14.4 Å². The summed E-state index contributed by atoms with van der Waals surface area (Å²) in [5.74, 6) is -0.247. The van der Waals surface area contributed by atoms with Gasteiger partial charge in [0.25, 0.3) is 5.56 Å². The predicted octanol–water partition coefficient (Wildman–Crippen LogP) is 4.07. The van der Waals surface area contributed by atoms with E-state index in [1.54, 1.807) is 28.0 Å². The molecule has 0 bridgehead atoms. The number of hydrogen-bond donors (Lipinski definition) is 1. The predicted molar refractivity (Wildman–Crippen MR) is 139 cm³/mol. The maximum atomic E-state index is 13.8. The molecule has 0 aliphatic carbocycles. The van der Waals surface area contributed by atoms with Gasteiger partial charge in [0, 0.05) is 25.2 Å². The van der Waals surface area contributed by atoms with Crippen LogP contribution in [-0.2, 0) is 29.1 Å². The Morgan fingerprint density at radius 3 is 2.42 bits per heavy atom. The molecule has 0 spiro atoms. The Labute approximate surface area is 209 Å². The molecule has 3 aromatic carbocycles. The number of amides is 2. The van der Waals surface area contributed by atoms with Crippen LogP contribution in [0.15, 0.2) is 83.7 Å². The Bertz CT molecular complexity index is 1450. The van der Waals surface area contributed by atoms with Gasteiger partial charge in [-0.3, -0.25) is 14.4 Å². The lowest BCUT2D eigenvalue weighted by atomic mass is 10.1. The smallest absolute Gasteiger partial charge is 0.258 e. The molecule has 7 heteroatoms. The van der Waals surface area contributed by atoms with Crippen LogP contribution >= 0.6 is 0 Å². The first-order valence-corrected chi connectivity index (χ1v) is 12.2. The molecule has 4 aromatic rings. The number of rotatable bonds is 7. The molecule has 1 N–H and O–H groups in total. The Balaban J connectivity index is 1.40. The molecule has 0 saturated carbocycles. The van der Waals surface area contributed by atoms with Crippen molar-refractivity contribution in [3.05, 3.63) is 106 Å². The first kappa shape index (κ1) is 23.5. The second-order valence-electron chi connectivity index (χ2n) is 9.14. The van der Waals surface area contributed by atoms with Crippen molar-refractivity contribution in [1.82, 2.24) is 14.9 Å². The van der Waals surface area contributed by atoms with Crippen LogP contribution in [0, 0.1) is 5.92 Å². The summed E-state index contributed by atoms with van der Waals surface area (Å²) in [7, 11) is 0. The molecule has 1 unspecified atom stereocenters. The van der Waals surface area contributed by atoms with E-state index in [-0.39, 0.29) is 30.3 Å². The highest BCUT2D eigenvalue weighted by Crippen LogP contribution is 2.27. The molecule has 36 heavy (non-hydrogen) atoms. The van der Waals surface area contributed by atoms with E-state index in [0.29, 0.717) is 29.8 Å². The van der Waals surface area contributed by atoms with Crippen molar-refractivity contribution in [2.24, 2.45) is 5.92 Å². The molecule has 5 rings (SSSR count). The van der Waals surface area contributed by atoms with Crippen LogP contribution in [0.25, 0.3) is 10.9 Å². The first-order valence-electron chi connectivity index (χ1n) is 12.2. The van der Waals surface area contributed by atoms with E-state index in [1.807, 2.05) is 60.7 Å². The Morgan fingerprint density at radius 2 is 1.67 bits per heavy atom. The third-order valence-corrected chi connectivity index (χ3v) is 6.66. The van der Waals surface area contributed by atoms with Gasteiger partial charge >= 0.3 is 0 Å². The molecule has 2 amide bonds. The summed E-state index contributed by atoms with van der Waals surface area (Å²) < 4.78 is 0. The average Bonchev–Trinajstić information content (AvgIpc) is 3.30. The number of aryl methyl sites for hydroxylation is 1. The maximum absolute atomic E-state index is 13.8. The lowest BCUT2D eigenvalue weighted by Crippen LogP contribution is -2.37. The topological polar surface area (TPSA) is 86.4 Å². The fraction of sp³-hybridized carbons (Fsp3) is 0.241. The molecule has 1 aliphatic heterocycles. The minimum atomic E-state index is -0.473. The van der Waals surface area contributed by atoms with Crippen LogP contribution in [0.2, 0.25) is 0 Å². The van der Waals surface area contributed by atoms with Gasteiger partial charge in [0.2, 0.25) is 11.8 Å². The summed E-state index contributed by atoms with van der Waals surface area (Å²) in [5, 5.41) is 0.508. The molecule has 1 aromatic heterocycles. The van der Waals surface area contributed by atoms with E-state index in [1.165, 1.54) is 5.56 Å². The van der Waals surface area contributed by atoms with Gasteiger partial charge in [0.15, 0.2) is 0 Å². The molecule has 1 fully saturated rings. The van der Waals surface area contributed by atoms with E-state index >= 15 is 0 Å². The molecule has 0 radical (unpaired) electrons. The number of carbonyl (C=O) groups excluding carboxylic acids is 2. The number of carbonyl (C=O) groups is 2. The van der Waals surface area contributed by atoms with Gasteiger partial charge in [-0.2, -0.15) is 0 Å². The molecular weight excluding hydrogens is 452 g/mol. The van der Waals surface area contributed by atoms with Crippen molar-refractivity contribution in [3.63, 3.8) is 0 Å². The lowest BCUT2D eigenvalue weighted by Gasteiger charge is -2.25. The van der Waals surface area contributed by atoms with Crippen molar-refractivity contribution < 1.29 is 9.59 Å². The van der Waals surface area contributed by atoms with Crippen LogP contribution < -0.4 is 10.5 Å². The summed E-state index contributed by atoms with van der Waals surface area (Å²) in [6, 6.07) is 24.7. The highest BCUT2D eigenvalue weighted by atomic mass is 16.2. The molecular formula is C29H28N4O3. The second kappa shape index (κ2) is 10.2. The molecule has 1 saturated heterocycles. The van der Waals surface area contributed by atoms with E-state index < -0.39 is 5.92 Å².